The highest BCUT2D eigenvalue weighted by molar-refractivity contribution is 4.55. The molecule has 0 fully saturated rings. The minimum absolute atomic E-state index is 0.816. The van der Waals surface area contributed by atoms with Crippen LogP contribution in [-0.2, 0) is 0 Å². The molecule has 0 heterocycles. The van der Waals surface area contributed by atoms with Gasteiger partial charge in [0.05, 0.1) is 0 Å². The summed E-state index contributed by atoms with van der Waals surface area (Å²) in [7, 11) is 0. The quantitative estimate of drug-likeness (QED) is 0.545. The molecule has 1 atom stereocenters. The number of hydrogen-bond acceptors (Lipinski definition) is 2. The van der Waals surface area contributed by atoms with Gasteiger partial charge in [-0.25, -0.2) is 0 Å². The molecule has 2 N–H and O–H groups in total. The SMILES string of the molecule is CCNCCNCC(C)CC. The molecule has 0 aliphatic carbocycles. The summed E-state index contributed by atoms with van der Waals surface area (Å²) in [5, 5.41) is 6.69. The molecule has 11 heavy (non-hydrogen) atoms. The Kier molecular flexibility index (Phi) is 7.96. The summed E-state index contributed by atoms with van der Waals surface area (Å²) in [6.07, 6.45) is 1.27. The molecule has 0 bridgehead atoms. The van der Waals surface area contributed by atoms with E-state index in [-0.39, 0.29) is 0 Å². The summed E-state index contributed by atoms with van der Waals surface area (Å²) < 4.78 is 0. The van der Waals surface area contributed by atoms with Gasteiger partial charge in [0.2, 0.25) is 0 Å². The Morgan fingerprint density at radius 1 is 1.09 bits per heavy atom. The summed E-state index contributed by atoms with van der Waals surface area (Å²) >= 11 is 0. The smallest absolute Gasteiger partial charge is 0.00768 e. The van der Waals surface area contributed by atoms with Gasteiger partial charge in [-0.15, -0.1) is 0 Å². The molecule has 2 heteroatoms. The van der Waals surface area contributed by atoms with E-state index in [9.17, 15) is 0 Å². The van der Waals surface area contributed by atoms with Gasteiger partial charge in [0.25, 0.3) is 0 Å². The maximum Gasteiger partial charge on any atom is 0.00768 e. The van der Waals surface area contributed by atoms with E-state index < -0.39 is 0 Å². The molecule has 0 aromatic rings. The summed E-state index contributed by atoms with van der Waals surface area (Å²) in [4.78, 5) is 0. The van der Waals surface area contributed by atoms with E-state index in [0.29, 0.717) is 0 Å². The highest BCUT2D eigenvalue weighted by Gasteiger charge is 1.95. The summed E-state index contributed by atoms with van der Waals surface area (Å²) in [5.74, 6) is 0.816. The number of rotatable bonds is 7. The zero-order valence-corrected chi connectivity index (χ0v) is 8.11. The van der Waals surface area contributed by atoms with Crippen LogP contribution < -0.4 is 10.6 Å². The first-order chi connectivity index (χ1) is 5.31. The fraction of sp³-hybridized carbons (Fsp3) is 1.00. The lowest BCUT2D eigenvalue weighted by Gasteiger charge is -2.09. The first-order valence-corrected chi connectivity index (χ1v) is 4.72. The van der Waals surface area contributed by atoms with Gasteiger partial charge in [-0.3, -0.25) is 0 Å². The van der Waals surface area contributed by atoms with Gasteiger partial charge in [0.1, 0.15) is 0 Å². The molecule has 0 amide bonds. The zero-order valence-electron chi connectivity index (χ0n) is 8.11. The maximum absolute atomic E-state index is 3.41. The average molecular weight is 158 g/mol. The van der Waals surface area contributed by atoms with Crippen LogP contribution in [0.4, 0.5) is 0 Å². The molecule has 0 aliphatic rings. The normalized spacial score (nSPS) is 13.4. The van der Waals surface area contributed by atoms with Crippen molar-refractivity contribution in [2.75, 3.05) is 26.2 Å². The monoisotopic (exact) mass is 158 g/mol. The van der Waals surface area contributed by atoms with Gasteiger partial charge < -0.3 is 10.6 Å². The van der Waals surface area contributed by atoms with Crippen LogP contribution in [0.1, 0.15) is 27.2 Å². The molecule has 0 radical (unpaired) electrons. The third kappa shape index (κ3) is 7.82. The largest absolute Gasteiger partial charge is 0.316 e. The second-order valence-electron chi connectivity index (χ2n) is 3.07. The zero-order chi connectivity index (χ0) is 8.53. The minimum Gasteiger partial charge on any atom is -0.316 e. The van der Waals surface area contributed by atoms with Crippen LogP contribution in [0.3, 0.4) is 0 Å². The minimum atomic E-state index is 0.816. The number of likely N-dealkylation sites (N-methyl/N-ethyl adjacent to an activating group) is 1. The highest BCUT2D eigenvalue weighted by atomic mass is 14.9. The van der Waals surface area contributed by atoms with Gasteiger partial charge in [-0.05, 0) is 19.0 Å². The van der Waals surface area contributed by atoms with Crippen molar-refractivity contribution >= 4 is 0 Å². The molecular formula is C9H22N2. The van der Waals surface area contributed by atoms with Crippen LogP contribution >= 0.6 is 0 Å². The third-order valence-corrected chi connectivity index (χ3v) is 1.92. The van der Waals surface area contributed by atoms with E-state index in [1.807, 2.05) is 0 Å². The van der Waals surface area contributed by atoms with Crippen molar-refractivity contribution < 1.29 is 0 Å². The Morgan fingerprint density at radius 2 is 1.73 bits per heavy atom. The van der Waals surface area contributed by atoms with Crippen LogP contribution in [0, 0.1) is 5.92 Å². The molecule has 68 valence electrons. The van der Waals surface area contributed by atoms with Crippen LogP contribution in [0.15, 0.2) is 0 Å². The van der Waals surface area contributed by atoms with Gasteiger partial charge in [0, 0.05) is 13.1 Å². The van der Waals surface area contributed by atoms with E-state index >= 15 is 0 Å². The van der Waals surface area contributed by atoms with Gasteiger partial charge >= 0.3 is 0 Å². The van der Waals surface area contributed by atoms with Crippen LogP contribution in [-0.4, -0.2) is 26.2 Å². The molecular weight excluding hydrogens is 136 g/mol. The summed E-state index contributed by atoms with van der Waals surface area (Å²) in [6.45, 7) is 11.1. The van der Waals surface area contributed by atoms with Gasteiger partial charge in [0.15, 0.2) is 0 Å². The van der Waals surface area contributed by atoms with Crippen LogP contribution in [0.5, 0.6) is 0 Å². The van der Waals surface area contributed by atoms with Gasteiger partial charge in [-0.2, -0.15) is 0 Å². The van der Waals surface area contributed by atoms with E-state index in [2.05, 4.69) is 31.4 Å². The van der Waals surface area contributed by atoms with Crippen LogP contribution in [0.25, 0.3) is 0 Å². The van der Waals surface area contributed by atoms with E-state index in [0.717, 1.165) is 32.1 Å². The Balaban J connectivity index is 2.89. The molecule has 0 aliphatic heterocycles. The molecule has 2 nitrogen and oxygen atoms in total. The molecule has 0 saturated carbocycles. The predicted octanol–water partition coefficient (Wildman–Crippen LogP) is 1.23. The fourth-order valence-corrected chi connectivity index (χ4v) is 0.846. The van der Waals surface area contributed by atoms with Gasteiger partial charge in [-0.1, -0.05) is 27.2 Å². The van der Waals surface area contributed by atoms with Crippen molar-refractivity contribution in [3.05, 3.63) is 0 Å². The Labute approximate surface area is 70.8 Å². The highest BCUT2D eigenvalue weighted by Crippen LogP contribution is 1.96. The Morgan fingerprint density at radius 3 is 2.27 bits per heavy atom. The number of nitrogens with one attached hydrogen (secondary N) is 2. The lowest BCUT2D eigenvalue weighted by Crippen LogP contribution is -2.29. The maximum atomic E-state index is 3.41. The average Bonchev–Trinajstić information content (AvgIpc) is 2.04. The third-order valence-electron chi connectivity index (χ3n) is 1.92. The van der Waals surface area contributed by atoms with Crippen molar-refractivity contribution in [1.29, 1.82) is 0 Å². The molecule has 0 spiro atoms. The van der Waals surface area contributed by atoms with Crippen molar-refractivity contribution in [2.45, 2.75) is 27.2 Å². The van der Waals surface area contributed by atoms with E-state index in [4.69, 9.17) is 0 Å². The predicted molar refractivity (Wildman–Crippen MR) is 50.9 cm³/mol. The van der Waals surface area contributed by atoms with Crippen molar-refractivity contribution in [3.8, 4) is 0 Å². The van der Waals surface area contributed by atoms with E-state index in [1.165, 1.54) is 6.42 Å². The van der Waals surface area contributed by atoms with Crippen molar-refractivity contribution in [1.82, 2.24) is 10.6 Å². The second-order valence-corrected chi connectivity index (χ2v) is 3.07. The van der Waals surface area contributed by atoms with E-state index in [1.54, 1.807) is 0 Å². The molecule has 0 rings (SSSR count). The fourth-order valence-electron chi connectivity index (χ4n) is 0.846. The summed E-state index contributed by atoms with van der Waals surface area (Å²) in [5.41, 5.74) is 0. The Bertz CT molecular complexity index is 74.0. The number of hydrogen-bond donors (Lipinski definition) is 2. The molecule has 0 aromatic carbocycles. The Hall–Kier alpha value is -0.0800. The first-order valence-electron chi connectivity index (χ1n) is 4.72. The lowest BCUT2D eigenvalue weighted by molar-refractivity contribution is 0.495. The van der Waals surface area contributed by atoms with Crippen LogP contribution in [0.2, 0.25) is 0 Å². The molecule has 0 aromatic heterocycles. The standard InChI is InChI=1S/C9H22N2/c1-4-9(3)8-11-7-6-10-5-2/h9-11H,4-8H2,1-3H3. The summed E-state index contributed by atoms with van der Waals surface area (Å²) in [6, 6.07) is 0. The first kappa shape index (κ1) is 10.9. The topological polar surface area (TPSA) is 24.1 Å². The van der Waals surface area contributed by atoms with Crippen molar-refractivity contribution in [3.63, 3.8) is 0 Å². The lowest BCUT2D eigenvalue weighted by atomic mass is 10.1. The molecule has 0 saturated heterocycles. The molecule has 1 unspecified atom stereocenters. The second kappa shape index (κ2) is 8.02. The van der Waals surface area contributed by atoms with Crippen molar-refractivity contribution in [2.24, 2.45) is 5.92 Å².